The van der Waals surface area contributed by atoms with E-state index in [-0.39, 0.29) is 18.8 Å². The number of phenolic OH excluding ortho intramolecular Hbond substituents is 1. The van der Waals surface area contributed by atoms with Crippen molar-refractivity contribution < 1.29 is 24.2 Å². The molecule has 1 heterocycles. The van der Waals surface area contributed by atoms with Crippen molar-refractivity contribution in [3.05, 3.63) is 77.9 Å². The van der Waals surface area contributed by atoms with E-state index < -0.39 is 18.0 Å². The summed E-state index contributed by atoms with van der Waals surface area (Å²) in [6, 6.07) is 12.9. The number of ether oxygens (including phenoxy) is 2. The Balaban J connectivity index is 1.61. The Bertz CT molecular complexity index is 1070. The van der Waals surface area contributed by atoms with Crippen LogP contribution in [0.15, 0.2) is 66.2 Å². The molecule has 0 radical (unpaired) electrons. The Morgan fingerprint density at radius 2 is 2.06 bits per heavy atom. The Morgan fingerprint density at radius 1 is 1.24 bits per heavy atom. The number of carbonyl (C=O) groups is 2. The highest BCUT2D eigenvalue weighted by Crippen LogP contribution is 2.26. The average Bonchev–Trinajstić information content (AvgIpc) is 3.33. The number of alkyl carbamates (subject to hydrolysis) is 1. The van der Waals surface area contributed by atoms with Gasteiger partial charge in [0.05, 0.1) is 19.1 Å². The van der Waals surface area contributed by atoms with Crippen molar-refractivity contribution in [2.45, 2.75) is 26.0 Å². The van der Waals surface area contributed by atoms with Crippen molar-refractivity contribution in [3.63, 3.8) is 0 Å². The van der Waals surface area contributed by atoms with Crippen molar-refractivity contribution in [3.8, 4) is 11.5 Å². The first-order chi connectivity index (χ1) is 16.0. The number of H-pyrrole nitrogens is 1. The summed E-state index contributed by atoms with van der Waals surface area (Å²) >= 11 is 0. The summed E-state index contributed by atoms with van der Waals surface area (Å²) in [4.78, 5) is 31.8. The van der Waals surface area contributed by atoms with E-state index in [1.807, 2.05) is 30.3 Å². The Hall–Kier alpha value is -4.34. The van der Waals surface area contributed by atoms with Crippen LogP contribution in [0.25, 0.3) is 0 Å². The van der Waals surface area contributed by atoms with Gasteiger partial charge in [0.15, 0.2) is 11.5 Å². The van der Waals surface area contributed by atoms with Gasteiger partial charge in [0.25, 0.3) is 5.91 Å². The lowest BCUT2D eigenvalue weighted by Crippen LogP contribution is -2.47. The fourth-order valence-corrected chi connectivity index (χ4v) is 2.86. The Morgan fingerprint density at radius 3 is 2.79 bits per heavy atom. The highest BCUT2D eigenvalue weighted by molar-refractivity contribution is 5.87. The van der Waals surface area contributed by atoms with Crippen LogP contribution >= 0.6 is 0 Å². The normalized spacial score (nSPS) is 11.7. The predicted molar refractivity (Wildman–Crippen MR) is 121 cm³/mol. The number of phenols is 1. The number of aromatic nitrogens is 2. The number of hydrazone groups is 1. The molecule has 10 nitrogen and oxygen atoms in total. The number of rotatable bonds is 10. The van der Waals surface area contributed by atoms with Gasteiger partial charge in [0.2, 0.25) is 0 Å². The summed E-state index contributed by atoms with van der Waals surface area (Å²) in [6.45, 7) is 2.27. The maximum absolute atomic E-state index is 12.7. The first kappa shape index (κ1) is 23.3. The van der Waals surface area contributed by atoms with Gasteiger partial charge in [-0.15, -0.1) is 0 Å². The van der Waals surface area contributed by atoms with E-state index in [2.05, 4.69) is 25.8 Å². The molecule has 0 aliphatic heterocycles. The molecular formula is C23H25N5O5. The number of hydrogen-bond acceptors (Lipinski definition) is 7. The third-order valence-corrected chi connectivity index (χ3v) is 4.47. The number of nitrogens with one attached hydrogen (secondary N) is 3. The van der Waals surface area contributed by atoms with E-state index in [0.29, 0.717) is 23.6 Å². The molecule has 2 amide bonds. The number of benzene rings is 2. The van der Waals surface area contributed by atoms with E-state index in [0.717, 1.165) is 5.56 Å². The highest BCUT2D eigenvalue weighted by atomic mass is 16.5. The zero-order valence-electron chi connectivity index (χ0n) is 18.0. The monoisotopic (exact) mass is 451 g/mol. The van der Waals surface area contributed by atoms with E-state index in [1.54, 1.807) is 25.3 Å². The minimum absolute atomic E-state index is 0.0101. The minimum atomic E-state index is -0.954. The molecule has 0 bridgehead atoms. The van der Waals surface area contributed by atoms with Crippen LogP contribution in [-0.2, 0) is 22.6 Å². The molecular weight excluding hydrogens is 426 g/mol. The number of aromatic hydroxyl groups is 1. The first-order valence-corrected chi connectivity index (χ1v) is 10.3. The zero-order chi connectivity index (χ0) is 23.5. The van der Waals surface area contributed by atoms with E-state index in [1.165, 1.54) is 18.6 Å². The summed E-state index contributed by atoms with van der Waals surface area (Å²) in [7, 11) is 0. The molecule has 3 aromatic rings. The van der Waals surface area contributed by atoms with Crippen LogP contribution in [0.2, 0.25) is 0 Å². The molecule has 0 aliphatic rings. The molecule has 172 valence electrons. The van der Waals surface area contributed by atoms with Gasteiger partial charge in [-0.2, -0.15) is 5.10 Å². The fourth-order valence-electron chi connectivity index (χ4n) is 2.86. The largest absolute Gasteiger partial charge is 0.504 e. The van der Waals surface area contributed by atoms with Gasteiger partial charge in [0, 0.05) is 18.3 Å². The van der Waals surface area contributed by atoms with Crippen LogP contribution in [0.5, 0.6) is 11.5 Å². The van der Waals surface area contributed by atoms with Crippen molar-refractivity contribution in [2.75, 3.05) is 6.61 Å². The van der Waals surface area contributed by atoms with Gasteiger partial charge in [-0.05, 0) is 36.2 Å². The predicted octanol–water partition coefficient (Wildman–Crippen LogP) is 2.50. The summed E-state index contributed by atoms with van der Waals surface area (Å²) < 4.78 is 10.5. The number of carbonyl (C=O) groups excluding carboxylic acids is 2. The molecule has 3 rings (SSSR count). The van der Waals surface area contributed by atoms with Crippen LogP contribution in [0.3, 0.4) is 0 Å². The molecule has 1 atom stereocenters. The van der Waals surface area contributed by atoms with E-state index in [9.17, 15) is 14.7 Å². The number of amides is 2. The van der Waals surface area contributed by atoms with Gasteiger partial charge < -0.3 is 24.9 Å². The van der Waals surface area contributed by atoms with E-state index >= 15 is 0 Å². The topological polar surface area (TPSA) is 138 Å². The molecule has 1 aromatic heterocycles. The maximum atomic E-state index is 12.7. The lowest BCUT2D eigenvalue weighted by molar-refractivity contribution is -0.123. The van der Waals surface area contributed by atoms with Crippen molar-refractivity contribution in [1.82, 2.24) is 20.7 Å². The summed E-state index contributed by atoms with van der Waals surface area (Å²) in [5.74, 6) is -0.218. The third-order valence-electron chi connectivity index (χ3n) is 4.47. The Labute approximate surface area is 190 Å². The van der Waals surface area contributed by atoms with Crippen LogP contribution in [0.1, 0.15) is 23.7 Å². The molecule has 0 fully saturated rings. The highest BCUT2D eigenvalue weighted by Gasteiger charge is 2.22. The van der Waals surface area contributed by atoms with Gasteiger partial charge in [-0.3, -0.25) is 4.79 Å². The third kappa shape index (κ3) is 7.39. The second kappa shape index (κ2) is 11.9. The first-order valence-electron chi connectivity index (χ1n) is 10.3. The lowest BCUT2D eigenvalue weighted by atomic mass is 10.1. The number of nitrogens with zero attached hydrogens (tertiary/aromatic N) is 2. The number of hydrogen-bond donors (Lipinski definition) is 4. The van der Waals surface area contributed by atoms with Crippen LogP contribution in [-0.4, -0.2) is 45.9 Å². The standard InChI is InChI=1S/C23H25N5O5/c1-2-32-21-10-17(8-9-20(21)29)12-26-28-22(30)19(11-18-13-24-15-25-18)27-23(31)33-14-16-6-4-3-5-7-16/h3-10,12-13,15,19,29H,2,11,14H2,1H3,(H,24,25)(H,27,31)(H,28,30)/b26-12-/t19-/m1/s1. The molecule has 0 unspecified atom stereocenters. The second-order valence-electron chi connectivity index (χ2n) is 6.93. The zero-order valence-corrected chi connectivity index (χ0v) is 18.0. The van der Waals surface area contributed by atoms with Crippen molar-refractivity contribution in [1.29, 1.82) is 0 Å². The van der Waals surface area contributed by atoms with E-state index in [4.69, 9.17) is 9.47 Å². The molecule has 33 heavy (non-hydrogen) atoms. The molecule has 0 saturated heterocycles. The summed E-state index contributed by atoms with van der Waals surface area (Å²) in [5, 5.41) is 16.3. The van der Waals surface area contributed by atoms with Crippen LogP contribution in [0.4, 0.5) is 4.79 Å². The van der Waals surface area contributed by atoms with Gasteiger partial charge in [-0.25, -0.2) is 15.2 Å². The molecule has 0 spiro atoms. The second-order valence-corrected chi connectivity index (χ2v) is 6.93. The van der Waals surface area contributed by atoms with Crippen molar-refractivity contribution >= 4 is 18.2 Å². The van der Waals surface area contributed by atoms with Crippen molar-refractivity contribution in [2.24, 2.45) is 5.10 Å². The number of imidazole rings is 1. The quantitative estimate of drug-likeness (QED) is 0.276. The summed E-state index contributed by atoms with van der Waals surface area (Å²) in [5.41, 5.74) is 4.50. The minimum Gasteiger partial charge on any atom is -0.504 e. The van der Waals surface area contributed by atoms with Crippen LogP contribution < -0.4 is 15.5 Å². The van der Waals surface area contributed by atoms with Gasteiger partial charge >= 0.3 is 6.09 Å². The smallest absolute Gasteiger partial charge is 0.408 e. The number of aromatic amines is 1. The molecule has 0 saturated carbocycles. The van der Waals surface area contributed by atoms with Crippen LogP contribution in [0, 0.1) is 0 Å². The van der Waals surface area contributed by atoms with Gasteiger partial charge in [0.1, 0.15) is 12.6 Å². The lowest BCUT2D eigenvalue weighted by Gasteiger charge is -2.16. The van der Waals surface area contributed by atoms with Gasteiger partial charge in [-0.1, -0.05) is 30.3 Å². The fraction of sp³-hybridized carbons (Fsp3) is 0.217. The molecule has 2 aromatic carbocycles. The maximum Gasteiger partial charge on any atom is 0.408 e. The summed E-state index contributed by atoms with van der Waals surface area (Å²) in [6.07, 6.45) is 3.88. The average molecular weight is 451 g/mol. The SMILES string of the molecule is CCOc1cc(/C=N\NC(=O)[C@@H](Cc2cnc[nH]2)NC(=O)OCc2ccccc2)ccc1O. The molecule has 0 aliphatic carbocycles. The molecule has 10 heteroatoms. The molecule has 4 N–H and O–H groups in total. The Kier molecular flexibility index (Phi) is 8.41.